The molecule has 0 atom stereocenters. The summed E-state index contributed by atoms with van der Waals surface area (Å²) in [5.74, 6) is -0.931. The van der Waals surface area contributed by atoms with Gasteiger partial charge in [-0.15, -0.1) is 0 Å². The number of hydrogen-bond acceptors (Lipinski definition) is 4. The average molecular weight is 384 g/mol. The van der Waals surface area contributed by atoms with Gasteiger partial charge in [0.05, 0.1) is 17.1 Å². The second-order valence-electron chi connectivity index (χ2n) is 5.65. The highest BCUT2D eigenvalue weighted by Gasteiger charge is 2.13. The first-order valence-electron chi connectivity index (χ1n) is 8.00. The predicted molar refractivity (Wildman–Crippen MR) is 100.0 cm³/mol. The van der Waals surface area contributed by atoms with E-state index in [1.165, 1.54) is 12.1 Å². The van der Waals surface area contributed by atoms with Gasteiger partial charge in [-0.3, -0.25) is 9.52 Å². The Labute approximate surface area is 151 Å². The zero-order valence-corrected chi connectivity index (χ0v) is 15.6. The van der Waals surface area contributed by atoms with Crippen molar-refractivity contribution in [3.05, 3.63) is 46.4 Å². The lowest BCUT2D eigenvalue weighted by molar-refractivity contribution is -0.116. The normalized spacial score (nSPS) is 11.3. The van der Waals surface area contributed by atoms with E-state index in [2.05, 4.69) is 10.0 Å². The lowest BCUT2D eigenvalue weighted by Gasteiger charge is -2.11. The fourth-order valence-corrected chi connectivity index (χ4v) is 4.11. The zero-order valence-electron chi connectivity index (χ0n) is 13.9. The van der Waals surface area contributed by atoms with Crippen LogP contribution in [0.2, 0.25) is 0 Å². The molecule has 0 aliphatic carbocycles. The van der Waals surface area contributed by atoms with E-state index in [4.69, 9.17) is 0 Å². The zero-order chi connectivity index (χ0) is 18.3. The van der Waals surface area contributed by atoms with Gasteiger partial charge in [0, 0.05) is 6.42 Å². The number of unbranched alkanes of at least 4 members (excludes halogenated alkanes) is 1. The van der Waals surface area contributed by atoms with Crippen LogP contribution in [0.25, 0.3) is 0 Å². The number of carbonyl (C=O) groups is 1. The number of rotatable bonds is 9. The maximum atomic E-state index is 13.9. The predicted octanol–water partition coefficient (Wildman–Crippen LogP) is 4.00. The van der Waals surface area contributed by atoms with Gasteiger partial charge in [-0.05, 0) is 53.4 Å². The molecule has 136 valence electrons. The van der Waals surface area contributed by atoms with Crippen LogP contribution in [-0.4, -0.2) is 20.1 Å². The molecule has 1 amide bonds. The first kappa shape index (κ1) is 19.4. The number of halogens is 1. The Morgan fingerprint density at radius 1 is 1.28 bits per heavy atom. The van der Waals surface area contributed by atoms with Crippen LogP contribution in [0.5, 0.6) is 0 Å². The van der Waals surface area contributed by atoms with Crippen molar-refractivity contribution in [3.63, 3.8) is 0 Å². The number of amides is 1. The largest absolute Gasteiger partial charge is 0.324 e. The van der Waals surface area contributed by atoms with E-state index in [1.54, 1.807) is 11.3 Å². The highest BCUT2D eigenvalue weighted by molar-refractivity contribution is 7.92. The van der Waals surface area contributed by atoms with Gasteiger partial charge in [-0.25, -0.2) is 12.8 Å². The summed E-state index contributed by atoms with van der Waals surface area (Å²) in [4.78, 5) is 12.0. The SMILES string of the molecule is CCCCS(=O)(=O)Nc1ccc(F)c(NC(=O)CCc2ccsc2)c1. The molecule has 0 radical (unpaired) electrons. The molecule has 2 N–H and O–H groups in total. The van der Waals surface area contributed by atoms with Crippen LogP contribution in [0.15, 0.2) is 35.0 Å². The number of carbonyl (C=O) groups excluding carboxylic acids is 1. The van der Waals surface area contributed by atoms with Crippen molar-refractivity contribution in [2.24, 2.45) is 0 Å². The van der Waals surface area contributed by atoms with Crippen molar-refractivity contribution >= 4 is 38.6 Å². The number of thiophene rings is 1. The number of aryl methyl sites for hydroxylation is 1. The Kier molecular flexibility index (Phi) is 6.95. The van der Waals surface area contributed by atoms with Gasteiger partial charge in [0.15, 0.2) is 0 Å². The molecule has 0 fully saturated rings. The third-order valence-corrected chi connectivity index (χ3v) is 5.61. The van der Waals surface area contributed by atoms with Crippen molar-refractivity contribution in [2.75, 3.05) is 15.8 Å². The fourth-order valence-electron chi connectivity index (χ4n) is 2.15. The molecule has 25 heavy (non-hydrogen) atoms. The molecule has 0 saturated heterocycles. The molecule has 0 aliphatic heterocycles. The average Bonchev–Trinajstić information content (AvgIpc) is 3.07. The van der Waals surface area contributed by atoms with Gasteiger partial charge in [-0.2, -0.15) is 11.3 Å². The second-order valence-corrected chi connectivity index (χ2v) is 8.27. The number of hydrogen-bond donors (Lipinski definition) is 2. The van der Waals surface area contributed by atoms with Gasteiger partial charge in [0.1, 0.15) is 5.82 Å². The van der Waals surface area contributed by atoms with Crippen LogP contribution in [0.4, 0.5) is 15.8 Å². The molecule has 2 rings (SSSR count). The van der Waals surface area contributed by atoms with E-state index in [-0.39, 0.29) is 29.5 Å². The maximum Gasteiger partial charge on any atom is 0.232 e. The van der Waals surface area contributed by atoms with Crippen molar-refractivity contribution in [3.8, 4) is 0 Å². The van der Waals surface area contributed by atoms with Gasteiger partial charge >= 0.3 is 0 Å². The Bertz CT molecular complexity index is 805. The second kappa shape index (κ2) is 8.96. The van der Waals surface area contributed by atoms with Crippen LogP contribution in [0, 0.1) is 5.82 Å². The van der Waals surface area contributed by atoms with Gasteiger partial charge in [0.25, 0.3) is 0 Å². The Morgan fingerprint density at radius 2 is 2.08 bits per heavy atom. The van der Waals surface area contributed by atoms with Gasteiger partial charge < -0.3 is 5.32 Å². The molecule has 0 saturated carbocycles. The number of benzene rings is 1. The van der Waals surface area contributed by atoms with Crippen molar-refractivity contribution < 1.29 is 17.6 Å². The summed E-state index contributed by atoms with van der Waals surface area (Å²) in [5.41, 5.74) is 1.25. The minimum absolute atomic E-state index is 0.00318. The fraction of sp³-hybridized carbons (Fsp3) is 0.353. The molecular formula is C17H21FN2O3S2. The molecule has 0 aliphatic rings. The Balaban J connectivity index is 1.99. The van der Waals surface area contributed by atoms with E-state index in [0.29, 0.717) is 12.8 Å². The van der Waals surface area contributed by atoms with Crippen LogP contribution in [0.1, 0.15) is 31.7 Å². The molecule has 5 nitrogen and oxygen atoms in total. The molecule has 0 unspecified atom stereocenters. The van der Waals surface area contributed by atoms with E-state index in [9.17, 15) is 17.6 Å². The molecule has 2 aromatic rings. The first-order chi connectivity index (χ1) is 11.9. The molecular weight excluding hydrogens is 363 g/mol. The Hall–Kier alpha value is -1.93. The number of anilines is 2. The summed E-state index contributed by atoms with van der Waals surface area (Å²) in [6, 6.07) is 5.69. The summed E-state index contributed by atoms with van der Waals surface area (Å²) in [7, 11) is -3.48. The van der Waals surface area contributed by atoms with Crippen LogP contribution >= 0.6 is 11.3 Å². The minimum Gasteiger partial charge on any atom is -0.324 e. The summed E-state index contributed by atoms with van der Waals surface area (Å²) in [6.07, 6.45) is 2.10. The van der Waals surface area contributed by atoms with E-state index < -0.39 is 15.8 Å². The van der Waals surface area contributed by atoms with Gasteiger partial charge in [0.2, 0.25) is 15.9 Å². The highest BCUT2D eigenvalue weighted by atomic mass is 32.2. The summed E-state index contributed by atoms with van der Waals surface area (Å²) in [6.45, 7) is 1.90. The lowest BCUT2D eigenvalue weighted by Crippen LogP contribution is -2.17. The topological polar surface area (TPSA) is 75.3 Å². The first-order valence-corrected chi connectivity index (χ1v) is 10.6. The van der Waals surface area contributed by atoms with Crippen LogP contribution in [0.3, 0.4) is 0 Å². The van der Waals surface area contributed by atoms with Crippen molar-refractivity contribution in [1.82, 2.24) is 0 Å². The molecule has 1 aromatic heterocycles. The monoisotopic (exact) mass is 384 g/mol. The van der Waals surface area contributed by atoms with Crippen LogP contribution in [-0.2, 0) is 21.2 Å². The third kappa shape index (κ3) is 6.47. The summed E-state index contributed by atoms with van der Waals surface area (Å²) < 4.78 is 40.1. The van der Waals surface area contributed by atoms with E-state index in [0.717, 1.165) is 18.1 Å². The summed E-state index contributed by atoms with van der Waals surface area (Å²) >= 11 is 1.55. The number of sulfonamides is 1. The highest BCUT2D eigenvalue weighted by Crippen LogP contribution is 2.21. The Morgan fingerprint density at radius 3 is 2.76 bits per heavy atom. The third-order valence-electron chi connectivity index (χ3n) is 3.50. The number of nitrogens with one attached hydrogen (secondary N) is 2. The molecule has 1 aromatic carbocycles. The standard InChI is InChI=1S/C17H21FN2O3S2/c1-2-3-10-25(22,23)20-14-5-6-15(18)16(11-14)19-17(21)7-4-13-8-9-24-12-13/h5-6,8-9,11-12,20H,2-4,7,10H2,1H3,(H,19,21). The lowest BCUT2D eigenvalue weighted by atomic mass is 10.2. The maximum absolute atomic E-state index is 13.9. The molecule has 8 heteroatoms. The quantitative estimate of drug-likeness (QED) is 0.686. The van der Waals surface area contributed by atoms with Gasteiger partial charge in [-0.1, -0.05) is 13.3 Å². The van der Waals surface area contributed by atoms with Crippen molar-refractivity contribution in [1.29, 1.82) is 0 Å². The smallest absolute Gasteiger partial charge is 0.232 e. The molecule has 1 heterocycles. The van der Waals surface area contributed by atoms with Crippen LogP contribution < -0.4 is 10.0 Å². The molecule has 0 spiro atoms. The van der Waals surface area contributed by atoms with E-state index >= 15 is 0 Å². The van der Waals surface area contributed by atoms with Crippen molar-refractivity contribution in [2.45, 2.75) is 32.6 Å². The minimum atomic E-state index is -3.48. The van der Waals surface area contributed by atoms with E-state index in [1.807, 2.05) is 23.8 Å². The summed E-state index contributed by atoms with van der Waals surface area (Å²) in [5, 5.41) is 6.39. The molecule has 0 bridgehead atoms.